The van der Waals surface area contributed by atoms with Crippen LogP contribution in [0.25, 0.3) is 11.3 Å². The van der Waals surface area contributed by atoms with Gasteiger partial charge in [-0.15, -0.1) is 0 Å². The van der Waals surface area contributed by atoms with Gasteiger partial charge in [0.15, 0.2) is 0 Å². The highest BCUT2D eigenvalue weighted by Crippen LogP contribution is 2.29. The normalized spacial score (nSPS) is 11.0. The number of benzene rings is 1. The van der Waals surface area contributed by atoms with Crippen molar-refractivity contribution in [2.24, 2.45) is 0 Å². The van der Waals surface area contributed by atoms with Crippen molar-refractivity contribution < 1.29 is 8.78 Å². The Hall–Kier alpha value is -1.69. The highest BCUT2D eigenvalue weighted by atomic mass is 32.2. The van der Waals surface area contributed by atoms with E-state index >= 15 is 0 Å². The van der Waals surface area contributed by atoms with Crippen molar-refractivity contribution in [3.05, 3.63) is 35.7 Å². The highest BCUT2D eigenvalue weighted by Gasteiger charge is 2.10. The van der Waals surface area contributed by atoms with Gasteiger partial charge < -0.3 is 5.73 Å². The summed E-state index contributed by atoms with van der Waals surface area (Å²) in [6.07, 6.45) is 0. The molecular weight excluding hydrogens is 268 g/mol. The van der Waals surface area contributed by atoms with Gasteiger partial charge in [-0.25, -0.2) is 9.97 Å². The van der Waals surface area contributed by atoms with Crippen LogP contribution in [-0.4, -0.2) is 15.7 Å². The molecule has 0 saturated heterocycles. The molecule has 0 bridgehead atoms. The van der Waals surface area contributed by atoms with Crippen LogP contribution in [-0.2, 0) is 0 Å². The van der Waals surface area contributed by atoms with Crippen LogP contribution in [0.4, 0.5) is 14.6 Å². The predicted molar refractivity (Wildman–Crippen MR) is 73.2 cm³/mol. The lowest BCUT2D eigenvalue weighted by Gasteiger charge is -2.08. The van der Waals surface area contributed by atoms with Crippen molar-refractivity contribution in [2.45, 2.75) is 24.5 Å². The smallest absolute Gasteiger partial charge is 0.288 e. The van der Waals surface area contributed by atoms with Gasteiger partial charge in [0.05, 0.1) is 11.4 Å². The Morgan fingerprint density at radius 2 is 1.63 bits per heavy atom. The predicted octanol–water partition coefficient (Wildman–Crippen LogP) is 3.66. The van der Waals surface area contributed by atoms with Crippen molar-refractivity contribution in [1.29, 1.82) is 0 Å². The Kier molecular flexibility index (Phi) is 3.99. The van der Waals surface area contributed by atoms with Crippen molar-refractivity contribution in [3.63, 3.8) is 0 Å². The summed E-state index contributed by atoms with van der Waals surface area (Å²) in [5.41, 5.74) is 8.78. The standard InChI is InChI=1S/C13H13F2N3S/c1-7-8(2)18-12(16)11(17-7)9-3-5-10(6-4-9)19-13(14)15/h3-6,13H,1-2H3,(H2,16,18). The van der Waals surface area contributed by atoms with E-state index in [0.29, 0.717) is 28.2 Å². The van der Waals surface area contributed by atoms with Crippen LogP contribution >= 0.6 is 11.8 Å². The summed E-state index contributed by atoms with van der Waals surface area (Å²) < 4.78 is 24.5. The topological polar surface area (TPSA) is 51.8 Å². The fourth-order valence-corrected chi connectivity index (χ4v) is 2.13. The summed E-state index contributed by atoms with van der Waals surface area (Å²) in [6.45, 7) is 3.69. The summed E-state index contributed by atoms with van der Waals surface area (Å²) in [6, 6.07) is 6.70. The number of thioether (sulfide) groups is 1. The van der Waals surface area contributed by atoms with Gasteiger partial charge in [0.2, 0.25) is 0 Å². The average molecular weight is 281 g/mol. The number of aryl methyl sites for hydroxylation is 2. The number of nitrogen functional groups attached to an aromatic ring is 1. The Morgan fingerprint density at radius 3 is 2.21 bits per heavy atom. The Labute approximate surface area is 114 Å². The molecule has 1 heterocycles. The first-order chi connectivity index (χ1) is 8.97. The first-order valence-corrected chi connectivity index (χ1v) is 6.51. The second kappa shape index (κ2) is 5.52. The molecule has 1 aromatic carbocycles. The van der Waals surface area contributed by atoms with Crippen molar-refractivity contribution in [3.8, 4) is 11.3 Å². The molecule has 0 fully saturated rings. The maximum absolute atomic E-state index is 12.2. The molecular formula is C13H13F2N3S. The molecule has 0 radical (unpaired) electrons. The third-order valence-electron chi connectivity index (χ3n) is 2.69. The largest absolute Gasteiger partial charge is 0.382 e. The molecule has 0 atom stereocenters. The summed E-state index contributed by atoms with van der Waals surface area (Å²) >= 11 is 0.512. The van der Waals surface area contributed by atoms with Crippen LogP contribution in [0, 0.1) is 13.8 Å². The zero-order valence-corrected chi connectivity index (χ0v) is 11.3. The molecule has 0 amide bonds. The molecule has 6 heteroatoms. The average Bonchev–Trinajstić information content (AvgIpc) is 2.34. The van der Waals surface area contributed by atoms with Crippen LogP contribution in [0.3, 0.4) is 0 Å². The maximum atomic E-state index is 12.2. The molecule has 2 aromatic rings. The zero-order chi connectivity index (χ0) is 14.0. The lowest BCUT2D eigenvalue weighted by Crippen LogP contribution is -2.02. The monoisotopic (exact) mass is 281 g/mol. The van der Waals surface area contributed by atoms with E-state index < -0.39 is 5.76 Å². The van der Waals surface area contributed by atoms with Crippen LogP contribution in [0.2, 0.25) is 0 Å². The SMILES string of the molecule is Cc1nc(N)c(-c2ccc(SC(F)F)cc2)nc1C. The van der Waals surface area contributed by atoms with Gasteiger partial charge in [0, 0.05) is 10.5 Å². The number of nitrogens with zero attached hydrogens (tertiary/aromatic N) is 2. The van der Waals surface area contributed by atoms with Gasteiger partial charge in [0.1, 0.15) is 11.5 Å². The van der Waals surface area contributed by atoms with Gasteiger partial charge >= 0.3 is 0 Å². The first-order valence-electron chi connectivity index (χ1n) is 5.63. The number of anilines is 1. The fraction of sp³-hybridized carbons (Fsp3) is 0.231. The van der Waals surface area contributed by atoms with Gasteiger partial charge in [-0.05, 0) is 26.0 Å². The number of hydrogen-bond acceptors (Lipinski definition) is 4. The molecule has 19 heavy (non-hydrogen) atoms. The van der Waals surface area contributed by atoms with Gasteiger partial charge in [0.25, 0.3) is 5.76 Å². The van der Waals surface area contributed by atoms with Crippen LogP contribution < -0.4 is 5.73 Å². The third kappa shape index (κ3) is 3.20. The van der Waals surface area contributed by atoms with Gasteiger partial charge in [-0.2, -0.15) is 8.78 Å². The number of alkyl halides is 2. The van der Waals surface area contributed by atoms with Crippen molar-refractivity contribution in [1.82, 2.24) is 9.97 Å². The summed E-state index contributed by atoms with van der Waals surface area (Å²) in [5.74, 6) is -2.07. The van der Waals surface area contributed by atoms with Crippen LogP contribution in [0.15, 0.2) is 29.2 Å². The highest BCUT2D eigenvalue weighted by molar-refractivity contribution is 7.99. The minimum atomic E-state index is -2.42. The molecule has 0 aliphatic rings. The van der Waals surface area contributed by atoms with E-state index in [1.165, 1.54) is 0 Å². The van der Waals surface area contributed by atoms with E-state index in [-0.39, 0.29) is 0 Å². The second-order valence-electron chi connectivity index (χ2n) is 4.03. The number of hydrogen-bond donors (Lipinski definition) is 1. The molecule has 2 rings (SSSR count). The molecule has 100 valence electrons. The molecule has 1 aromatic heterocycles. The summed E-state index contributed by atoms with van der Waals surface area (Å²) in [7, 11) is 0. The van der Waals surface area contributed by atoms with Crippen LogP contribution in [0.1, 0.15) is 11.4 Å². The molecule has 3 nitrogen and oxygen atoms in total. The Bertz CT molecular complexity index is 585. The molecule has 0 aliphatic carbocycles. The second-order valence-corrected chi connectivity index (χ2v) is 5.09. The molecule has 0 spiro atoms. The third-order valence-corrected chi connectivity index (χ3v) is 3.41. The quantitative estimate of drug-likeness (QED) is 0.872. The van der Waals surface area contributed by atoms with E-state index in [4.69, 9.17) is 5.73 Å². The summed E-state index contributed by atoms with van der Waals surface area (Å²) in [5, 5.41) is 0. The molecule has 2 N–H and O–H groups in total. The van der Waals surface area contributed by atoms with Crippen molar-refractivity contribution >= 4 is 17.6 Å². The first kappa shape index (κ1) is 13.7. The van der Waals surface area contributed by atoms with E-state index in [1.807, 2.05) is 13.8 Å². The van der Waals surface area contributed by atoms with Gasteiger partial charge in [-0.3, -0.25) is 0 Å². The van der Waals surface area contributed by atoms with Crippen molar-refractivity contribution in [2.75, 3.05) is 5.73 Å². The zero-order valence-electron chi connectivity index (χ0n) is 10.5. The van der Waals surface area contributed by atoms with E-state index in [2.05, 4.69) is 9.97 Å². The number of aromatic nitrogens is 2. The molecule has 0 saturated carbocycles. The van der Waals surface area contributed by atoms with E-state index in [9.17, 15) is 8.78 Å². The van der Waals surface area contributed by atoms with E-state index in [1.54, 1.807) is 24.3 Å². The van der Waals surface area contributed by atoms with Crippen LogP contribution in [0.5, 0.6) is 0 Å². The van der Waals surface area contributed by atoms with E-state index in [0.717, 1.165) is 17.0 Å². The number of nitrogens with two attached hydrogens (primary N) is 1. The number of rotatable bonds is 3. The Morgan fingerprint density at radius 1 is 1.05 bits per heavy atom. The minimum absolute atomic E-state index is 0.345. The molecule has 0 aliphatic heterocycles. The Balaban J connectivity index is 2.34. The van der Waals surface area contributed by atoms with Gasteiger partial charge in [-0.1, -0.05) is 23.9 Å². The number of halogens is 2. The maximum Gasteiger partial charge on any atom is 0.288 e. The lowest BCUT2D eigenvalue weighted by atomic mass is 10.1. The minimum Gasteiger partial charge on any atom is -0.382 e. The lowest BCUT2D eigenvalue weighted by molar-refractivity contribution is 0.252. The molecule has 0 unspecified atom stereocenters. The fourth-order valence-electron chi connectivity index (χ4n) is 1.63. The summed E-state index contributed by atoms with van der Waals surface area (Å²) in [4.78, 5) is 9.11.